The van der Waals surface area contributed by atoms with E-state index in [0.717, 1.165) is 38.4 Å². The zero-order valence-electron chi connectivity index (χ0n) is 17.6. The first kappa shape index (κ1) is 22.3. The molecule has 0 radical (unpaired) electrons. The molecule has 3 aromatic rings. The summed E-state index contributed by atoms with van der Waals surface area (Å²) in [4.78, 5) is 21.8. The van der Waals surface area contributed by atoms with Crippen molar-refractivity contribution in [3.8, 4) is 0 Å². The predicted molar refractivity (Wildman–Crippen MR) is 132 cm³/mol. The van der Waals surface area contributed by atoms with E-state index in [1.165, 1.54) is 23.2 Å². The number of hydrogen-bond donors (Lipinski definition) is 2. The monoisotopic (exact) mass is 468 g/mol. The fourth-order valence-corrected chi connectivity index (χ4v) is 4.49. The number of thiazole rings is 1. The van der Waals surface area contributed by atoms with Gasteiger partial charge in [-0.05, 0) is 24.3 Å². The van der Waals surface area contributed by atoms with Gasteiger partial charge in [-0.3, -0.25) is 9.69 Å². The number of piperazine rings is 1. The standard InChI is InChI=1S/C23H25ClN6OS/c24-22-20(32-23(27-22)26-18-7-3-1-4-8-18)17-25-28-21(31)11-12-29-13-15-30(16-14-29)19-9-5-2-6-10-19/h1-10,17H,11-16H2,(H,26,27)(H,28,31)/b25-17+. The fraction of sp³-hybridized carbons (Fsp3) is 0.261. The van der Waals surface area contributed by atoms with Crippen LogP contribution in [0.3, 0.4) is 0 Å². The average Bonchev–Trinajstić information content (AvgIpc) is 3.18. The molecule has 1 amide bonds. The Hall–Kier alpha value is -2.94. The van der Waals surface area contributed by atoms with Crippen molar-refractivity contribution in [2.75, 3.05) is 42.9 Å². The molecular weight excluding hydrogens is 444 g/mol. The number of amides is 1. The number of aromatic nitrogens is 1. The van der Waals surface area contributed by atoms with Crippen LogP contribution < -0.4 is 15.6 Å². The number of halogens is 1. The van der Waals surface area contributed by atoms with Crippen LogP contribution in [0.2, 0.25) is 5.15 Å². The molecule has 166 valence electrons. The summed E-state index contributed by atoms with van der Waals surface area (Å²) < 4.78 is 0. The Morgan fingerprint density at radius 1 is 1.06 bits per heavy atom. The zero-order chi connectivity index (χ0) is 22.2. The van der Waals surface area contributed by atoms with Gasteiger partial charge in [0.25, 0.3) is 0 Å². The van der Waals surface area contributed by atoms with Gasteiger partial charge in [0.1, 0.15) is 0 Å². The van der Waals surface area contributed by atoms with E-state index in [2.05, 4.69) is 54.9 Å². The van der Waals surface area contributed by atoms with E-state index in [9.17, 15) is 4.79 Å². The van der Waals surface area contributed by atoms with E-state index in [1.807, 2.05) is 36.4 Å². The molecule has 32 heavy (non-hydrogen) atoms. The van der Waals surface area contributed by atoms with Gasteiger partial charge < -0.3 is 10.2 Å². The number of benzene rings is 2. The van der Waals surface area contributed by atoms with E-state index in [4.69, 9.17) is 11.6 Å². The van der Waals surface area contributed by atoms with Gasteiger partial charge in [-0.15, -0.1) is 0 Å². The molecule has 9 heteroatoms. The molecule has 1 fully saturated rings. The van der Waals surface area contributed by atoms with Crippen molar-refractivity contribution >= 4 is 51.6 Å². The number of hydrogen-bond acceptors (Lipinski definition) is 7. The summed E-state index contributed by atoms with van der Waals surface area (Å²) in [5.74, 6) is -0.116. The molecule has 1 saturated heterocycles. The van der Waals surface area contributed by atoms with Crippen LogP contribution in [0.1, 0.15) is 11.3 Å². The Morgan fingerprint density at radius 3 is 2.47 bits per heavy atom. The molecule has 0 saturated carbocycles. The number of nitrogens with zero attached hydrogens (tertiary/aromatic N) is 4. The molecule has 0 spiro atoms. The van der Waals surface area contributed by atoms with Gasteiger partial charge in [0.15, 0.2) is 10.3 Å². The second kappa shape index (κ2) is 11.1. The molecule has 0 unspecified atom stereocenters. The molecule has 1 aliphatic rings. The maximum absolute atomic E-state index is 12.2. The van der Waals surface area contributed by atoms with Crippen LogP contribution >= 0.6 is 22.9 Å². The highest BCUT2D eigenvalue weighted by Gasteiger charge is 2.17. The molecule has 7 nitrogen and oxygen atoms in total. The Kier molecular flexibility index (Phi) is 7.71. The quantitative estimate of drug-likeness (QED) is 0.383. The third-order valence-electron chi connectivity index (χ3n) is 5.15. The van der Waals surface area contributed by atoms with Crippen molar-refractivity contribution in [3.63, 3.8) is 0 Å². The fourth-order valence-electron chi connectivity index (χ4n) is 3.44. The summed E-state index contributed by atoms with van der Waals surface area (Å²) in [6.07, 6.45) is 1.94. The third-order valence-corrected chi connectivity index (χ3v) is 6.46. The highest BCUT2D eigenvalue weighted by molar-refractivity contribution is 7.17. The van der Waals surface area contributed by atoms with Crippen molar-refractivity contribution in [2.24, 2.45) is 5.10 Å². The largest absolute Gasteiger partial charge is 0.369 e. The van der Waals surface area contributed by atoms with Crippen LogP contribution in [0, 0.1) is 0 Å². The lowest BCUT2D eigenvalue weighted by Crippen LogP contribution is -2.47. The second-order valence-corrected chi connectivity index (χ2v) is 8.76. The van der Waals surface area contributed by atoms with Gasteiger partial charge in [0.05, 0.1) is 11.1 Å². The van der Waals surface area contributed by atoms with Crippen LogP contribution in [0.25, 0.3) is 0 Å². The Bertz CT molecular complexity index is 1040. The maximum Gasteiger partial charge on any atom is 0.241 e. The molecule has 0 bridgehead atoms. The minimum Gasteiger partial charge on any atom is -0.369 e. The van der Waals surface area contributed by atoms with Gasteiger partial charge in [0, 0.05) is 50.5 Å². The maximum atomic E-state index is 12.2. The van der Waals surface area contributed by atoms with E-state index in [-0.39, 0.29) is 5.91 Å². The van der Waals surface area contributed by atoms with Gasteiger partial charge in [-0.25, -0.2) is 10.4 Å². The van der Waals surface area contributed by atoms with Crippen LogP contribution in [-0.4, -0.2) is 54.7 Å². The summed E-state index contributed by atoms with van der Waals surface area (Å²) >= 11 is 7.56. The van der Waals surface area contributed by atoms with Gasteiger partial charge in [0.2, 0.25) is 5.91 Å². The number of rotatable bonds is 8. The third kappa shape index (κ3) is 6.29. The normalized spacial score (nSPS) is 14.6. The van der Waals surface area contributed by atoms with Crippen LogP contribution in [0.4, 0.5) is 16.5 Å². The smallest absolute Gasteiger partial charge is 0.241 e. The summed E-state index contributed by atoms with van der Waals surface area (Å²) in [6.45, 7) is 4.54. The Morgan fingerprint density at radius 2 is 1.75 bits per heavy atom. The second-order valence-electron chi connectivity index (χ2n) is 7.37. The van der Waals surface area contributed by atoms with E-state index in [0.29, 0.717) is 21.6 Å². The highest BCUT2D eigenvalue weighted by atomic mass is 35.5. The first-order valence-electron chi connectivity index (χ1n) is 10.5. The number of carbonyl (C=O) groups is 1. The first-order valence-corrected chi connectivity index (χ1v) is 11.7. The van der Waals surface area contributed by atoms with Gasteiger partial charge in [-0.1, -0.05) is 59.3 Å². The number of nitrogens with one attached hydrogen (secondary N) is 2. The average molecular weight is 469 g/mol. The van der Waals surface area contributed by atoms with Crippen LogP contribution in [-0.2, 0) is 4.79 Å². The van der Waals surface area contributed by atoms with Crippen molar-refractivity contribution < 1.29 is 4.79 Å². The summed E-state index contributed by atoms with van der Waals surface area (Å²) in [5.41, 5.74) is 4.77. The lowest BCUT2D eigenvalue weighted by Gasteiger charge is -2.36. The molecule has 0 aliphatic carbocycles. The van der Waals surface area contributed by atoms with Crippen molar-refractivity contribution in [3.05, 3.63) is 70.7 Å². The Balaban J connectivity index is 1.18. The van der Waals surface area contributed by atoms with Gasteiger partial charge >= 0.3 is 0 Å². The van der Waals surface area contributed by atoms with Crippen molar-refractivity contribution in [1.82, 2.24) is 15.3 Å². The number of para-hydroxylation sites is 2. The molecule has 2 heterocycles. The molecule has 0 atom stereocenters. The van der Waals surface area contributed by atoms with Crippen LogP contribution in [0.15, 0.2) is 65.8 Å². The van der Waals surface area contributed by atoms with Crippen molar-refractivity contribution in [1.29, 1.82) is 0 Å². The van der Waals surface area contributed by atoms with E-state index >= 15 is 0 Å². The lowest BCUT2D eigenvalue weighted by atomic mass is 10.2. The zero-order valence-corrected chi connectivity index (χ0v) is 19.1. The SMILES string of the molecule is O=C(CCN1CCN(c2ccccc2)CC1)N/N=C/c1sc(Nc2ccccc2)nc1Cl. The van der Waals surface area contributed by atoms with Crippen LogP contribution in [0.5, 0.6) is 0 Å². The highest BCUT2D eigenvalue weighted by Crippen LogP contribution is 2.27. The van der Waals surface area contributed by atoms with E-state index < -0.39 is 0 Å². The molecule has 2 aromatic carbocycles. The summed E-state index contributed by atoms with van der Waals surface area (Å²) in [6, 6.07) is 20.2. The topological polar surface area (TPSA) is 72.9 Å². The minimum absolute atomic E-state index is 0.116. The molecule has 1 aromatic heterocycles. The molecule has 4 rings (SSSR count). The number of anilines is 3. The molecular formula is C23H25ClN6OS. The summed E-state index contributed by atoms with van der Waals surface area (Å²) in [5, 5.41) is 8.26. The van der Waals surface area contributed by atoms with Gasteiger partial charge in [-0.2, -0.15) is 5.10 Å². The lowest BCUT2D eigenvalue weighted by molar-refractivity contribution is -0.121. The minimum atomic E-state index is -0.116. The van der Waals surface area contributed by atoms with E-state index in [1.54, 1.807) is 0 Å². The Labute approximate surface area is 196 Å². The molecule has 2 N–H and O–H groups in total. The summed E-state index contributed by atoms with van der Waals surface area (Å²) in [7, 11) is 0. The number of carbonyl (C=O) groups excluding carboxylic acids is 1. The predicted octanol–water partition coefficient (Wildman–Crippen LogP) is 4.20. The number of hydrazone groups is 1. The first-order chi connectivity index (χ1) is 15.7. The molecule has 1 aliphatic heterocycles. The van der Waals surface area contributed by atoms with Crippen molar-refractivity contribution in [2.45, 2.75) is 6.42 Å².